The van der Waals surface area contributed by atoms with E-state index in [2.05, 4.69) is 25.8 Å². The SMILES string of the molecule is CC(C)(C)CCS(=O)c1nc2ccc(N)cc2o1. The van der Waals surface area contributed by atoms with Gasteiger partial charge in [-0.05, 0) is 24.0 Å². The topological polar surface area (TPSA) is 69.1 Å². The lowest BCUT2D eigenvalue weighted by atomic mass is 9.94. The highest BCUT2D eigenvalue weighted by molar-refractivity contribution is 7.84. The lowest BCUT2D eigenvalue weighted by Gasteiger charge is -2.16. The van der Waals surface area contributed by atoms with Crippen LogP contribution < -0.4 is 5.73 Å². The van der Waals surface area contributed by atoms with Crippen LogP contribution in [-0.2, 0) is 10.8 Å². The van der Waals surface area contributed by atoms with Gasteiger partial charge in [-0.15, -0.1) is 0 Å². The smallest absolute Gasteiger partial charge is 0.287 e. The first-order valence-electron chi connectivity index (χ1n) is 5.90. The molecule has 0 bridgehead atoms. The molecule has 1 atom stereocenters. The molecule has 2 N–H and O–H groups in total. The fourth-order valence-corrected chi connectivity index (χ4v) is 2.86. The van der Waals surface area contributed by atoms with E-state index in [-0.39, 0.29) is 5.41 Å². The molecule has 0 saturated heterocycles. The maximum absolute atomic E-state index is 12.1. The van der Waals surface area contributed by atoms with Crippen molar-refractivity contribution in [2.75, 3.05) is 11.5 Å². The number of aromatic nitrogens is 1. The van der Waals surface area contributed by atoms with Gasteiger partial charge in [0.2, 0.25) is 0 Å². The molecule has 2 aromatic rings. The van der Waals surface area contributed by atoms with E-state index in [1.54, 1.807) is 18.2 Å². The number of oxazole rings is 1. The summed E-state index contributed by atoms with van der Waals surface area (Å²) in [5, 5.41) is 0.292. The van der Waals surface area contributed by atoms with Gasteiger partial charge in [0, 0.05) is 17.5 Å². The summed E-state index contributed by atoms with van der Waals surface area (Å²) in [5.74, 6) is 0.561. The predicted octanol–water partition coefficient (Wildman–Crippen LogP) is 2.95. The Balaban J connectivity index is 2.18. The molecular weight excluding hydrogens is 248 g/mol. The van der Waals surface area contributed by atoms with Gasteiger partial charge in [0.05, 0.1) is 0 Å². The van der Waals surface area contributed by atoms with E-state index in [1.807, 2.05) is 0 Å². The first-order valence-corrected chi connectivity index (χ1v) is 7.21. The molecule has 0 aliphatic carbocycles. The van der Waals surface area contributed by atoms with Crippen molar-refractivity contribution in [3.8, 4) is 0 Å². The Morgan fingerprint density at radius 2 is 2.11 bits per heavy atom. The normalized spacial score (nSPS) is 13.9. The molecule has 0 saturated carbocycles. The number of rotatable bonds is 3. The Morgan fingerprint density at radius 1 is 1.39 bits per heavy atom. The molecule has 1 aromatic heterocycles. The van der Waals surface area contributed by atoms with Crippen molar-refractivity contribution in [3.63, 3.8) is 0 Å². The van der Waals surface area contributed by atoms with Gasteiger partial charge >= 0.3 is 0 Å². The second-order valence-corrected chi connectivity index (χ2v) is 7.02. The van der Waals surface area contributed by atoms with Crippen LogP contribution in [0.1, 0.15) is 27.2 Å². The first kappa shape index (κ1) is 13.1. The number of anilines is 1. The quantitative estimate of drug-likeness (QED) is 0.867. The summed E-state index contributed by atoms with van der Waals surface area (Å²) in [6.07, 6.45) is 0.862. The molecule has 0 aliphatic rings. The molecule has 1 unspecified atom stereocenters. The van der Waals surface area contributed by atoms with Crippen molar-refractivity contribution in [2.45, 2.75) is 32.4 Å². The van der Waals surface area contributed by atoms with Crippen molar-refractivity contribution in [1.29, 1.82) is 0 Å². The number of fused-ring (bicyclic) bond motifs is 1. The van der Waals surface area contributed by atoms with E-state index in [9.17, 15) is 4.21 Å². The van der Waals surface area contributed by atoms with Crippen molar-refractivity contribution < 1.29 is 8.63 Å². The zero-order chi connectivity index (χ0) is 13.3. The van der Waals surface area contributed by atoms with Gasteiger partial charge in [-0.3, -0.25) is 0 Å². The Morgan fingerprint density at radius 3 is 2.78 bits per heavy atom. The van der Waals surface area contributed by atoms with Crippen LogP contribution in [0, 0.1) is 5.41 Å². The van der Waals surface area contributed by atoms with Crippen LogP contribution in [0.15, 0.2) is 27.8 Å². The number of nitrogens with zero attached hydrogens (tertiary/aromatic N) is 1. The lowest BCUT2D eigenvalue weighted by molar-refractivity contribution is 0.397. The monoisotopic (exact) mass is 266 g/mol. The van der Waals surface area contributed by atoms with Crippen LogP contribution in [0.4, 0.5) is 5.69 Å². The molecule has 0 radical (unpaired) electrons. The van der Waals surface area contributed by atoms with E-state index in [0.29, 0.717) is 27.8 Å². The highest BCUT2D eigenvalue weighted by atomic mass is 32.2. The average molecular weight is 266 g/mol. The summed E-state index contributed by atoms with van der Waals surface area (Å²) in [7, 11) is -1.19. The van der Waals surface area contributed by atoms with Crippen molar-refractivity contribution in [2.24, 2.45) is 5.41 Å². The Hall–Kier alpha value is -1.36. The third-order valence-corrected chi connectivity index (χ3v) is 3.76. The third-order valence-electron chi connectivity index (χ3n) is 2.63. The maximum Gasteiger partial charge on any atom is 0.287 e. The van der Waals surface area contributed by atoms with Gasteiger partial charge in [-0.1, -0.05) is 20.8 Å². The molecule has 2 rings (SSSR count). The zero-order valence-electron chi connectivity index (χ0n) is 10.9. The number of benzene rings is 1. The summed E-state index contributed by atoms with van der Waals surface area (Å²) >= 11 is 0. The second kappa shape index (κ2) is 4.72. The molecule has 4 nitrogen and oxygen atoms in total. The molecule has 98 valence electrons. The number of hydrogen-bond acceptors (Lipinski definition) is 4. The first-order chi connectivity index (χ1) is 8.35. The Bertz CT molecular complexity index is 584. The molecule has 1 heterocycles. The van der Waals surface area contributed by atoms with Crippen LogP contribution in [-0.4, -0.2) is 14.9 Å². The van der Waals surface area contributed by atoms with E-state index in [1.165, 1.54) is 0 Å². The summed E-state index contributed by atoms with van der Waals surface area (Å²) in [6.45, 7) is 6.37. The van der Waals surface area contributed by atoms with Crippen LogP contribution in [0.2, 0.25) is 0 Å². The molecule has 5 heteroatoms. The minimum atomic E-state index is -1.19. The van der Waals surface area contributed by atoms with E-state index in [4.69, 9.17) is 10.2 Å². The van der Waals surface area contributed by atoms with Crippen LogP contribution in [0.3, 0.4) is 0 Å². The number of hydrogen-bond donors (Lipinski definition) is 1. The van der Waals surface area contributed by atoms with Gasteiger partial charge in [0.15, 0.2) is 5.58 Å². The van der Waals surface area contributed by atoms with Crippen molar-refractivity contribution >= 4 is 27.6 Å². The van der Waals surface area contributed by atoms with Crippen molar-refractivity contribution in [3.05, 3.63) is 18.2 Å². The van der Waals surface area contributed by atoms with E-state index < -0.39 is 10.8 Å². The van der Waals surface area contributed by atoms with Crippen LogP contribution in [0.5, 0.6) is 0 Å². The minimum absolute atomic E-state index is 0.159. The van der Waals surface area contributed by atoms with E-state index >= 15 is 0 Å². The molecular formula is C13H18N2O2S. The lowest BCUT2D eigenvalue weighted by Crippen LogP contribution is -2.10. The van der Waals surface area contributed by atoms with Gasteiger partial charge in [-0.25, -0.2) is 9.19 Å². The zero-order valence-corrected chi connectivity index (χ0v) is 11.7. The van der Waals surface area contributed by atoms with Gasteiger partial charge in [0.1, 0.15) is 16.3 Å². The fraction of sp³-hybridized carbons (Fsp3) is 0.462. The maximum atomic E-state index is 12.1. The largest absolute Gasteiger partial charge is 0.430 e. The summed E-state index contributed by atoms with van der Waals surface area (Å²) in [5.41, 5.74) is 7.73. The summed E-state index contributed by atoms with van der Waals surface area (Å²) in [4.78, 5) is 4.23. The average Bonchev–Trinajstić information content (AvgIpc) is 2.67. The Labute approximate surface area is 109 Å². The molecule has 0 spiro atoms. The Kier molecular flexibility index (Phi) is 3.43. The molecule has 1 aromatic carbocycles. The molecule has 0 amide bonds. The summed E-state index contributed by atoms with van der Waals surface area (Å²) in [6, 6.07) is 5.23. The third kappa shape index (κ3) is 3.10. The van der Waals surface area contributed by atoms with Crippen molar-refractivity contribution in [1.82, 2.24) is 4.98 Å². The molecule has 0 aliphatic heterocycles. The minimum Gasteiger partial charge on any atom is -0.430 e. The molecule has 0 fully saturated rings. The van der Waals surface area contributed by atoms with Gasteiger partial charge in [-0.2, -0.15) is 0 Å². The molecule has 18 heavy (non-hydrogen) atoms. The van der Waals surface area contributed by atoms with Gasteiger partial charge in [0.25, 0.3) is 5.22 Å². The van der Waals surface area contributed by atoms with Crippen LogP contribution >= 0.6 is 0 Å². The second-order valence-electron chi connectivity index (χ2n) is 5.57. The highest BCUT2D eigenvalue weighted by Crippen LogP contribution is 2.23. The predicted molar refractivity (Wildman–Crippen MR) is 73.8 cm³/mol. The van der Waals surface area contributed by atoms with Gasteiger partial charge < -0.3 is 10.2 Å². The number of nitrogens with two attached hydrogens (primary N) is 1. The van der Waals surface area contributed by atoms with Crippen LogP contribution in [0.25, 0.3) is 11.1 Å². The number of nitrogen functional groups attached to an aromatic ring is 1. The fourth-order valence-electron chi connectivity index (χ4n) is 1.50. The standard InChI is InChI=1S/C13H18N2O2S/c1-13(2,3)6-7-18(16)12-15-10-5-4-9(14)8-11(10)17-12/h4-5,8H,6-7,14H2,1-3H3. The van der Waals surface area contributed by atoms with E-state index in [0.717, 1.165) is 6.42 Å². The summed E-state index contributed by atoms with van der Waals surface area (Å²) < 4.78 is 17.6. The highest BCUT2D eigenvalue weighted by Gasteiger charge is 2.17.